The number of halogens is 1. The van der Waals surface area contributed by atoms with E-state index in [1.807, 2.05) is 12.1 Å². The van der Waals surface area contributed by atoms with Crippen LogP contribution in [0.25, 0.3) is 0 Å². The van der Waals surface area contributed by atoms with Crippen molar-refractivity contribution in [2.45, 2.75) is 25.6 Å². The molecule has 2 atom stereocenters. The maximum absolute atomic E-state index is 13.4. The zero-order valence-corrected chi connectivity index (χ0v) is 18.7. The largest absolute Gasteiger partial charge is 0.469 e. The summed E-state index contributed by atoms with van der Waals surface area (Å²) in [6.07, 6.45) is 2.39. The summed E-state index contributed by atoms with van der Waals surface area (Å²) in [5, 5.41) is 3.52. The first-order valence-corrected chi connectivity index (χ1v) is 11.4. The van der Waals surface area contributed by atoms with Crippen LogP contribution in [0.15, 0.2) is 52.1 Å². The van der Waals surface area contributed by atoms with E-state index >= 15 is 0 Å². The number of morpholine rings is 2. The molecule has 0 saturated carbocycles. The van der Waals surface area contributed by atoms with Gasteiger partial charge < -0.3 is 24.1 Å². The lowest BCUT2D eigenvalue weighted by atomic mass is 10.1. The summed E-state index contributed by atoms with van der Waals surface area (Å²) in [6.45, 7) is 9.34. The molecule has 0 radical (unpaired) electrons. The molecule has 8 heteroatoms. The molecule has 2 saturated heterocycles. The molecule has 2 aliphatic rings. The molecule has 0 aliphatic carbocycles. The molecular weight excluding hydrogens is 411 g/mol. The summed E-state index contributed by atoms with van der Waals surface area (Å²) < 4.78 is 30.5. The molecule has 1 aromatic carbocycles. The van der Waals surface area contributed by atoms with Crippen LogP contribution in [0.4, 0.5) is 4.39 Å². The number of guanidine groups is 1. The molecule has 0 amide bonds. The maximum Gasteiger partial charge on any atom is 0.194 e. The van der Waals surface area contributed by atoms with Crippen molar-refractivity contribution in [3.63, 3.8) is 0 Å². The number of hydrogen-bond acceptors (Lipinski definition) is 5. The molecule has 2 aliphatic heterocycles. The number of hydrogen-bond donors (Lipinski definition) is 1. The molecule has 0 spiro atoms. The normalized spacial score (nSPS) is 22.8. The molecule has 4 rings (SSSR count). The Kier molecular flexibility index (Phi) is 8.14. The molecule has 3 heterocycles. The average Bonchev–Trinajstić information content (AvgIpc) is 3.32. The number of nitrogens with zero attached hydrogens (tertiary/aromatic N) is 3. The Morgan fingerprint density at radius 3 is 2.72 bits per heavy atom. The van der Waals surface area contributed by atoms with Crippen molar-refractivity contribution in [1.29, 1.82) is 0 Å². The van der Waals surface area contributed by atoms with Gasteiger partial charge in [-0.1, -0.05) is 12.1 Å². The minimum Gasteiger partial charge on any atom is -0.469 e. The Hall–Kier alpha value is -2.42. The van der Waals surface area contributed by atoms with Gasteiger partial charge in [-0.25, -0.2) is 4.39 Å². The highest BCUT2D eigenvalue weighted by Crippen LogP contribution is 2.25. The first kappa shape index (κ1) is 22.8. The van der Waals surface area contributed by atoms with Gasteiger partial charge in [-0.3, -0.25) is 9.89 Å². The van der Waals surface area contributed by atoms with Crippen LogP contribution in [0.1, 0.15) is 24.4 Å². The number of ether oxygens (including phenoxy) is 2. The molecule has 2 unspecified atom stereocenters. The Bertz CT molecular complexity index is 837. The van der Waals surface area contributed by atoms with Crippen molar-refractivity contribution in [1.82, 2.24) is 15.1 Å². The Balaban J connectivity index is 1.42. The van der Waals surface area contributed by atoms with Gasteiger partial charge in [0.15, 0.2) is 5.96 Å². The van der Waals surface area contributed by atoms with Crippen LogP contribution in [0, 0.1) is 5.82 Å². The lowest BCUT2D eigenvalue weighted by Gasteiger charge is -2.39. The van der Waals surface area contributed by atoms with E-state index in [1.54, 1.807) is 18.4 Å². The molecule has 2 aromatic rings. The van der Waals surface area contributed by atoms with Gasteiger partial charge in [-0.2, -0.15) is 0 Å². The Labute approximate surface area is 189 Å². The third kappa shape index (κ3) is 6.54. The number of nitrogens with one attached hydrogen (secondary N) is 1. The molecule has 1 N–H and O–H groups in total. The topological polar surface area (TPSA) is 62.5 Å². The highest BCUT2D eigenvalue weighted by atomic mass is 19.1. The van der Waals surface area contributed by atoms with Crippen LogP contribution in [0.2, 0.25) is 0 Å². The Morgan fingerprint density at radius 2 is 1.97 bits per heavy atom. The minimum absolute atomic E-state index is 0.0371. The van der Waals surface area contributed by atoms with E-state index in [2.05, 4.69) is 22.0 Å². The van der Waals surface area contributed by atoms with Crippen LogP contribution in [0.5, 0.6) is 0 Å². The monoisotopic (exact) mass is 444 g/mol. The zero-order valence-electron chi connectivity index (χ0n) is 18.7. The van der Waals surface area contributed by atoms with Crippen LogP contribution >= 0.6 is 0 Å². The minimum atomic E-state index is -0.237. The number of furan rings is 1. The third-order valence-electron chi connectivity index (χ3n) is 5.82. The van der Waals surface area contributed by atoms with Gasteiger partial charge in [0.25, 0.3) is 0 Å². The second-order valence-electron chi connectivity index (χ2n) is 8.31. The Morgan fingerprint density at radius 1 is 1.16 bits per heavy atom. The van der Waals surface area contributed by atoms with Crippen LogP contribution < -0.4 is 5.32 Å². The lowest BCUT2D eigenvalue weighted by Crippen LogP contribution is -2.51. The van der Waals surface area contributed by atoms with Crippen LogP contribution in [-0.2, 0) is 15.9 Å². The van der Waals surface area contributed by atoms with Crippen molar-refractivity contribution in [3.05, 3.63) is 59.8 Å². The highest BCUT2D eigenvalue weighted by molar-refractivity contribution is 5.80. The van der Waals surface area contributed by atoms with Crippen molar-refractivity contribution in [2.75, 3.05) is 59.0 Å². The molecule has 2 fully saturated rings. The van der Waals surface area contributed by atoms with Crippen molar-refractivity contribution < 1.29 is 18.3 Å². The van der Waals surface area contributed by atoms with E-state index in [4.69, 9.17) is 18.9 Å². The molecule has 32 heavy (non-hydrogen) atoms. The standard InChI is InChI=1S/C24H33FN4O3/c1-19-17-29(18-23(32-19)20-4-6-21(25)7-5-20)24(26-9-8-22-3-2-14-31-22)27-10-11-28-12-15-30-16-13-28/h2-7,14,19,23H,8-13,15-18H2,1H3,(H,26,27). The smallest absolute Gasteiger partial charge is 0.194 e. The fourth-order valence-electron chi connectivity index (χ4n) is 4.13. The average molecular weight is 445 g/mol. The SMILES string of the molecule is CC1CN(C(=NCCN2CCOCC2)NCCc2ccco2)CC(c2ccc(F)cc2)O1. The molecule has 0 bridgehead atoms. The summed E-state index contributed by atoms with van der Waals surface area (Å²) >= 11 is 0. The van der Waals surface area contributed by atoms with Gasteiger partial charge in [-0.15, -0.1) is 0 Å². The molecule has 174 valence electrons. The lowest BCUT2D eigenvalue weighted by molar-refractivity contribution is -0.0605. The van der Waals surface area contributed by atoms with Gasteiger partial charge >= 0.3 is 0 Å². The van der Waals surface area contributed by atoms with Gasteiger partial charge in [0.05, 0.1) is 38.7 Å². The summed E-state index contributed by atoms with van der Waals surface area (Å²) in [4.78, 5) is 9.58. The van der Waals surface area contributed by atoms with E-state index in [0.717, 1.165) is 76.2 Å². The quantitative estimate of drug-likeness (QED) is 0.523. The third-order valence-corrected chi connectivity index (χ3v) is 5.82. The van der Waals surface area contributed by atoms with Gasteiger partial charge in [0.1, 0.15) is 17.7 Å². The van der Waals surface area contributed by atoms with E-state index < -0.39 is 0 Å². The van der Waals surface area contributed by atoms with E-state index in [-0.39, 0.29) is 18.0 Å². The summed E-state index contributed by atoms with van der Waals surface area (Å²) in [5.74, 6) is 1.59. The molecule has 1 aromatic heterocycles. The summed E-state index contributed by atoms with van der Waals surface area (Å²) in [7, 11) is 0. The van der Waals surface area contributed by atoms with Gasteiger partial charge in [-0.05, 0) is 36.8 Å². The van der Waals surface area contributed by atoms with E-state index in [0.29, 0.717) is 6.54 Å². The van der Waals surface area contributed by atoms with Crippen molar-refractivity contribution in [3.8, 4) is 0 Å². The first-order chi connectivity index (χ1) is 15.7. The highest BCUT2D eigenvalue weighted by Gasteiger charge is 2.28. The zero-order chi connectivity index (χ0) is 22.2. The predicted octanol–water partition coefficient (Wildman–Crippen LogP) is 2.70. The fourth-order valence-corrected chi connectivity index (χ4v) is 4.13. The fraction of sp³-hybridized carbons (Fsp3) is 0.542. The van der Waals surface area contributed by atoms with Crippen molar-refractivity contribution in [2.24, 2.45) is 4.99 Å². The molecular formula is C24H33FN4O3. The number of benzene rings is 1. The van der Waals surface area contributed by atoms with E-state index in [1.165, 1.54) is 12.1 Å². The second kappa shape index (κ2) is 11.4. The number of rotatable bonds is 7. The molecule has 7 nitrogen and oxygen atoms in total. The van der Waals surface area contributed by atoms with Gasteiger partial charge in [0, 0.05) is 39.1 Å². The maximum atomic E-state index is 13.4. The van der Waals surface area contributed by atoms with Crippen LogP contribution in [-0.4, -0.2) is 80.9 Å². The van der Waals surface area contributed by atoms with Crippen LogP contribution in [0.3, 0.4) is 0 Å². The summed E-state index contributed by atoms with van der Waals surface area (Å²) in [6, 6.07) is 10.5. The predicted molar refractivity (Wildman–Crippen MR) is 121 cm³/mol. The second-order valence-corrected chi connectivity index (χ2v) is 8.31. The van der Waals surface area contributed by atoms with Gasteiger partial charge in [0.2, 0.25) is 0 Å². The van der Waals surface area contributed by atoms with E-state index in [9.17, 15) is 4.39 Å². The van der Waals surface area contributed by atoms with Crippen molar-refractivity contribution >= 4 is 5.96 Å². The first-order valence-electron chi connectivity index (χ1n) is 11.4. The summed E-state index contributed by atoms with van der Waals surface area (Å²) in [5.41, 5.74) is 0.978. The number of aliphatic imine (C=N–C) groups is 1.